The summed E-state index contributed by atoms with van der Waals surface area (Å²) < 4.78 is 0. The van der Waals surface area contributed by atoms with Crippen LogP contribution in [0.25, 0.3) is 0 Å². The molecule has 0 heterocycles. The maximum absolute atomic E-state index is 8.98. The van der Waals surface area contributed by atoms with Crippen molar-refractivity contribution in [3.05, 3.63) is 29.8 Å². The highest BCUT2D eigenvalue weighted by atomic mass is 15.2. The average Bonchev–Trinajstić information content (AvgIpc) is 2.13. The molecule has 0 spiro atoms. The van der Waals surface area contributed by atoms with Gasteiger partial charge >= 0.3 is 0 Å². The third-order valence-electron chi connectivity index (χ3n) is 2.58. The second kappa shape index (κ2) is 4.41. The zero-order chi connectivity index (χ0) is 13.3. The molecule has 0 aliphatic heterocycles. The number of benzene rings is 1. The number of hydrogen-bond donors (Lipinski definition) is 0. The van der Waals surface area contributed by atoms with Gasteiger partial charge in [0, 0.05) is 16.8 Å². The van der Waals surface area contributed by atoms with Gasteiger partial charge in [0.15, 0.2) is 0 Å². The molecule has 0 fully saturated rings. The molecule has 1 aromatic carbocycles. The Kier molecular flexibility index (Phi) is 3.52. The van der Waals surface area contributed by atoms with E-state index < -0.39 is 0 Å². The minimum Gasteiger partial charge on any atom is -0.362 e. The molecule has 0 N–H and O–H groups in total. The molecule has 1 aromatic rings. The average molecular weight is 230 g/mol. The first-order valence-corrected chi connectivity index (χ1v) is 5.97. The van der Waals surface area contributed by atoms with Gasteiger partial charge in [0.05, 0.1) is 11.6 Å². The Balaban J connectivity index is 3.29. The van der Waals surface area contributed by atoms with Gasteiger partial charge in [-0.1, -0.05) is 6.07 Å². The topological polar surface area (TPSA) is 27.0 Å². The summed E-state index contributed by atoms with van der Waals surface area (Å²) in [6.07, 6.45) is 0. The van der Waals surface area contributed by atoms with E-state index in [1.54, 1.807) is 0 Å². The highest BCUT2D eigenvalue weighted by molar-refractivity contribution is 5.54. The first kappa shape index (κ1) is 13.6. The van der Waals surface area contributed by atoms with Crippen LogP contribution < -0.4 is 4.90 Å². The van der Waals surface area contributed by atoms with Crippen LogP contribution >= 0.6 is 0 Å². The minimum absolute atomic E-state index is 0.0202. The fourth-order valence-corrected chi connectivity index (χ4v) is 2.50. The van der Waals surface area contributed by atoms with E-state index in [1.165, 1.54) is 0 Å². The third-order valence-corrected chi connectivity index (χ3v) is 2.58. The molecule has 0 unspecified atom stereocenters. The van der Waals surface area contributed by atoms with E-state index in [2.05, 4.69) is 58.6 Å². The number of rotatable bonds is 1. The Bertz CT molecular complexity index is 413. The lowest BCUT2D eigenvalue weighted by molar-refractivity contribution is 0.381. The van der Waals surface area contributed by atoms with Gasteiger partial charge in [0.2, 0.25) is 0 Å². The van der Waals surface area contributed by atoms with E-state index in [1.807, 2.05) is 18.2 Å². The molecule has 92 valence electrons. The number of anilines is 1. The van der Waals surface area contributed by atoms with Crippen LogP contribution in [0, 0.1) is 11.3 Å². The van der Waals surface area contributed by atoms with Gasteiger partial charge in [0.1, 0.15) is 0 Å². The Morgan fingerprint density at radius 1 is 1.00 bits per heavy atom. The zero-order valence-electron chi connectivity index (χ0n) is 11.7. The van der Waals surface area contributed by atoms with Gasteiger partial charge in [0.25, 0.3) is 0 Å². The van der Waals surface area contributed by atoms with Crippen LogP contribution in [0.1, 0.15) is 47.1 Å². The third kappa shape index (κ3) is 3.23. The zero-order valence-corrected chi connectivity index (χ0v) is 11.7. The Morgan fingerprint density at radius 3 is 1.94 bits per heavy atom. The molecule has 0 aliphatic rings. The molecule has 17 heavy (non-hydrogen) atoms. The SMILES string of the molecule is CC(C)(C)N(c1cccc(C#N)c1)C(C)(C)C. The molecule has 2 nitrogen and oxygen atoms in total. The molecule has 0 saturated carbocycles. The fourth-order valence-electron chi connectivity index (χ4n) is 2.50. The van der Waals surface area contributed by atoms with E-state index in [0.29, 0.717) is 5.56 Å². The second-order valence-electron chi connectivity index (χ2n) is 6.34. The highest BCUT2D eigenvalue weighted by Gasteiger charge is 2.31. The van der Waals surface area contributed by atoms with Crippen LogP contribution in [-0.2, 0) is 0 Å². The summed E-state index contributed by atoms with van der Waals surface area (Å²) in [4.78, 5) is 2.35. The molecule has 0 radical (unpaired) electrons. The molecule has 0 aliphatic carbocycles. The number of nitriles is 1. The molecule has 1 rings (SSSR count). The molecule has 0 bridgehead atoms. The van der Waals surface area contributed by atoms with Crippen molar-refractivity contribution in [2.24, 2.45) is 0 Å². The summed E-state index contributed by atoms with van der Waals surface area (Å²) in [5, 5.41) is 8.98. The summed E-state index contributed by atoms with van der Waals surface area (Å²) in [5.41, 5.74) is 1.85. The summed E-state index contributed by atoms with van der Waals surface area (Å²) in [6, 6.07) is 10.0. The van der Waals surface area contributed by atoms with Crippen LogP contribution in [0.3, 0.4) is 0 Å². The molecule has 0 amide bonds. The van der Waals surface area contributed by atoms with Crippen molar-refractivity contribution in [1.29, 1.82) is 5.26 Å². The smallest absolute Gasteiger partial charge is 0.0992 e. The van der Waals surface area contributed by atoms with Crippen LogP contribution in [-0.4, -0.2) is 11.1 Å². The van der Waals surface area contributed by atoms with Crippen LogP contribution in [0.4, 0.5) is 5.69 Å². The first-order valence-electron chi connectivity index (χ1n) is 5.97. The number of hydrogen-bond acceptors (Lipinski definition) is 2. The Hall–Kier alpha value is -1.49. The minimum atomic E-state index is 0.0202. The Labute approximate surface area is 105 Å². The maximum Gasteiger partial charge on any atom is 0.0992 e. The predicted octanol–water partition coefficient (Wildman–Crippen LogP) is 3.96. The summed E-state index contributed by atoms with van der Waals surface area (Å²) in [5.74, 6) is 0. The van der Waals surface area contributed by atoms with Crippen molar-refractivity contribution in [2.75, 3.05) is 4.90 Å². The summed E-state index contributed by atoms with van der Waals surface area (Å²) in [7, 11) is 0. The molecule has 0 saturated heterocycles. The Morgan fingerprint density at radius 2 is 1.53 bits per heavy atom. The maximum atomic E-state index is 8.98. The lowest BCUT2D eigenvalue weighted by Crippen LogP contribution is -2.53. The van der Waals surface area contributed by atoms with Gasteiger partial charge < -0.3 is 4.90 Å². The summed E-state index contributed by atoms with van der Waals surface area (Å²) in [6.45, 7) is 13.2. The van der Waals surface area contributed by atoms with E-state index in [9.17, 15) is 0 Å². The van der Waals surface area contributed by atoms with E-state index in [0.717, 1.165) is 5.69 Å². The lowest BCUT2D eigenvalue weighted by atomic mass is 9.94. The first-order chi connectivity index (χ1) is 7.66. The molecule has 2 heteroatoms. The normalized spacial score (nSPS) is 12.1. The molecular weight excluding hydrogens is 208 g/mol. The van der Waals surface area contributed by atoms with Crippen molar-refractivity contribution >= 4 is 5.69 Å². The summed E-state index contributed by atoms with van der Waals surface area (Å²) >= 11 is 0. The quantitative estimate of drug-likeness (QED) is 0.730. The largest absolute Gasteiger partial charge is 0.362 e. The van der Waals surface area contributed by atoms with E-state index in [-0.39, 0.29) is 11.1 Å². The predicted molar refractivity (Wildman–Crippen MR) is 73.1 cm³/mol. The van der Waals surface area contributed by atoms with Gasteiger partial charge in [-0.25, -0.2) is 0 Å². The van der Waals surface area contributed by atoms with Crippen molar-refractivity contribution in [3.8, 4) is 6.07 Å². The van der Waals surface area contributed by atoms with Gasteiger partial charge in [-0.3, -0.25) is 0 Å². The van der Waals surface area contributed by atoms with E-state index >= 15 is 0 Å². The lowest BCUT2D eigenvalue weighted by Gasteiger charge is -2.47. The standard InChI is InChI=1S/C15H22N2/c1-14(2,3)17(15(4,5)6)13-9-7-8-12(10-13)11-16/h7-10H,1-6H3. The molecule has 0 aromatic heterocycles. The van der Waals surface area contributed by atoms with Crippen molar-refractivity contribution < 1.29 is 0 Å². The molecule has 0 atom stereocenters. The van der Waals surface area contributed by atoms with Gasteiger partial charge in [-0.15, -0.1) is 0 Å². The highest BCUT2D eigenvalue weighted by Crippen LogP contribution is 2.32. The van der Waals surface area contributed by atoms with Crippen LogP contribution in [0.2, 0.25) is 0 Å². The van der Waals surface area contributed by atoms with Crippen molar-refractivity contribution in [3.63, 3.8) is 0 Å². The van der Waals surface area contributed by atoms with Crippen LogP contribution in [0.15, 0.2) is 24.3 Å². The second-order valence-corrected chi connectivity index (χ2v) is 6.34. The van der Waals surface area contributed by atoms with Crippen molar-refractivity contribution in [2.45, 2.75) is 52.6 Å². The molecular formula is C15H22N2. The van der Waals surface area contributed by atoms with Gasteiger partial charge in [-0.2, -0.15) is 5.26 Å². The monoisotopic (exact) mass is 230 g/mol. The van der Waals surface area contributed by atoms with Crippen molar-refractivity contribution in [1.82, 2.24) is 0 Å². The number of nitrogens with zero attached hydrogens (tertiary/aromatic N) is 2. The van der Waals surface area contributed by atoms with E-state index in [4.69, 9.17) is 5.26 Å². The fraction of sp³-hybridized carbons (Fsp3) is 0.533. The van der Waals surface area contributed by atoms with Gasteiger partial charge in [-0.05, 0) is 59.7 Å². The van der Waals surface area contributed by atoms with Crippen LogP contribution in [0.5, 0.6) is 0 Å².